The number of ether oxygens (including phenoxy) is 1. The van der Waals surface area contributed by atoms with Crippen molar-refractivity contribution < 1.29 is 24.0 Å². The molecule has 0 bridgehead atoms. The summed E-state index contributed by atoms with van der Waals surface area (Å²) in [6, 6.07) is 14.5. The van der Waals surface area contributed by atoms with Gasteiger partial charge in [-0.3, -0.25) is 4.79 Å². The Bertz CT molecular complexity index is 955. The molecule has 9 heteroatoms. The molecular formula is C22H26N4O5. The first-order valence-corrected chi connectivity index (χ1v) is 9.43. The first-order valence-electron chi connectivity index (χ1n) is 9.43. The summed E-state index contributed by atoms with van der Waals surface area (Å²) in [5, 5.41) is 14.5. The number of benzene rings is 2. The Morgan fingerprint density at radius 3 is 2.29 bits per heavy atom. The van der Waals surface area contributed by atoms with E-state index in [9.17, 15) is 4.79 Å². The second-order valence-corrected chi connectivity index (χ2v) is 6.16. The van der Waals surface area contributed by atoms with Crippen LogP contribution in [0.15, 0.2) is 64.0 Å². The predicted octanol–water partition coefficient (Wildman–Crippen LogP) is 2.58. The molecule has 0 saturated heterocycles. The third kappa shape index (κ3) is 6.30. The third-order valence-electron chi connectivity index (χ3n) is 4.21. The van der Waals surface area contributed by atoms with E-state index in [0.717, 1.165) is 11.3 Å². The van der Waals surface area contributed by atoms with Crippen LogP contribution in [0.4, 0.5) is 0 Å². The van der Waals surface area contributed by atoms with Crippen molar-refractivity contribution in [1.29, 1.82) is 0 Å². The molecule has 1 unspecified atom stereocenters. The zero-order valence-electron chi connectivity index (χ0n) is 18.2. The summed E-state index contributed by atoms with van der Waals surface area (Å²) < 4.78 is 5.18. The smallest absolute Gasteiger partial charge is 0.273 e. The average molecular weight is 426 g/mol. The predicted molar refractivity (Wildman–Crippen MR) is 119 cm³/mol. The number of oxime groups is 3. The van der Waals surface area contributed by atoms with Crippen molar-refractivity contribution in [2.24, 2.45) is 15.5 Å². The van der Waals surface area contributed by atoms with Gasteiger partial charge in [-0.05, 0) is 31.2 Å². The second kappa shape index (κ2) is 12.0. The molecule has 1 atom stereocenters. The van der Waals surface area contributed by atoms with E-state index in [1.54, 1.807) is 32.2 Å². The van der Waals surface area contributed by atoms with Gasteiger partial charge >= 0.3 is 0 Å². The molecule has 9 nitrogen and oxygen atoms in total. The highest BCUT2D eigenvalue weighted by molar-refractivity contribution is 6.46. The highest BCUT2D eigenvalue weighted by Gasteiger charge is 2.18. The standard InChI is InChI=1S/C22H26N4O5/c1-15(20(25-29-4)16-10-12-18(28-3)13-11-16)31-24-14-17-8-6-7-9-19(17)21(26-30-5)22(27)23-2/h6-15H,1-5H3,(H,23,27). The second-order valence-electron chi connectivity index (χ2n) is 6.16. The van der Waals surface area contributed by atoms with E-state index in [1.165, 1.54) is 27.5 Å². The van der Waals surface area contributed by atoms with Crippen LogP contribution < -0.4 is 10.1 Å². The van der Waals surface area contributed by atoms with Gasteiger partial charge in [-0.2, -0.15) is 0 Å². The monoisotopic (exact) mass is 426 g/mol. The number of carbonyl (C=O) groups is 1. The minimum absolute atomic E-state index is 0.125. The molecular weight excluding hydrogens is 400 g/mol. The minimum Gasteiger partial charge on any atom is -0.497 e. The lowest BCUT2D eigenvalue weighted by Gasteiger charge is -2.13. The summed E-state index contributed by atoms with van der Waals surface area (Å²) in [4.78, 5) is 27.6. The maximum atomic E-state index is 12.2. The van der Waals surface area contributed by atoms with Crippen LogP contribution >= 0.6 is 0 Å². The van der Waals surface area contributed by atoms with Crippen LogP contribution in [0.3, 0.4) is 0 Å². The van der Waals surface area contributed by atoms with Gasteiger partial charge in [0.1, 0.15) is 25.7 Å². The third-order valence-corrected chi connectivity index (χ3v) is 4.21. The van der Waals surface area contributed by atoms with Crippen molar-refractivity contribution in [1.82, 2.24) is 5.32 Å². The number of hydrogen-bond donors (Lipinski definition) is 1. The number of rotatable bonds is 10. The van der Waals surface area contributed by atoms with E-state index in [2.05, 4.69) is 20.8 Å². The molecule has 0 fully saturated rings. The van der Waals surface area contributed by atoms with Crippen LogP contribution in [0.25, 0.3) is 0 Å². The fourth-order valence-electron chi connectivity index (χ4n) is 2.70. The Morgan fingerprint density at radius 1 is 1.00 bits per heavy atom. The van der Waals surface area contributed by atoms with Crippen molar-refractivity contribution in [2.45, 2.75) is 13.0 Å². The van der Waals surface area contributed by atoms with Gasteiger partial charge in [0.25, 0.3) is 5.91 Å². The molecule has 1 N–H and O–H groups in total. The number of amides is 1. The van der Waals surface area contributed by atoms with Crippen LogP contribution in [0.2, 0.25) is 0 Å². The van der Waals surface area contributed by atoms with Crippen molar-refractivity contribution in [3.05, 3.63) is 65.2 Å². The van der Waals surface area contributed by atoms with Crippen LogP contribution in [0, 0.1) is 0 Å². The highest BCUT2D eigenvalue weighted by Crippen LogP contribution is 2.15. The van der Waals surface area contributed by atoms with Gasteiger partial charge in [-0.25, -0.2) is 0 Å². The Kier molecular flexibility index (Phi) is 9.03. The Hall–Kier alpha value is -3.88. The molecule has 2 aromatic carbocycles. The fourth-order valence-corrected chi connectivity index (χ4v) is 2.70. The summed E-state index contributed by atoms with van der Waals surface area (Å²) in [6.45, 7) is 1.80. The molecule has 164 valence electrons. The van der Waals surface area contributed by atoms with Gasteiger partial charge in [0.15, 0.2) is 11.8 Å². The SMILES string of the molecule is CNC(=O)C(=NOC)c1ccccc1C=NOC(C)C(=NOC)c1ccc(OC)cc1. The molecule has 0 aliphatic rings. The van der Waals surface area contributed by atoms with Crippen LogP contribution in [-0.2, 0) is 19.3 Å². The highest BCUT2D eigenvalue weighted by atomic mass is 16.6. The molecule has 31 heavy (non-hydrogen) atoms. The lowest BCUT2D eigenvalue weighted by Crippen LogP contribution is -2.29. The summed E-state index contributed by atoms with van der Waals surface area (Å²) in [5.41, 5.74) is 2.66. The van der Waals surface area contributed by atoms with Gasteiger partial charge in [0.05, 0.1) is 13.3 Å². The van der Waals surface area contributed by atoms with Gasteiger partial charge in [0.2, 0.25) is 0 Å². The van der Waals surface area contributed by atoms with Crippen LogP contribution in [0.5, 0.6) is 5.75 Å². The maximum absolute atomic E-state index is 12.2. The van der Waals surface area contributed by atoms with Crippen molar-refractivity contribution >= 4 is 23.5 Å². The average Bonchev–Trinajstić information content (AvgIpc) is 2.81. The van der Waals surface area contributed by atoms with E-state index >= 15 is 0 Å². The van der Waals surface area contributed by atoms with Crippen LogP contribution in [-0.4, -0.2) is 58.0 Å². The fraction of sp³-hybridized carbons (Fsp3) is 0.273. The number of hydrogen-bond acceptors (Lipinski definition) is 8. The lowest BCUT2D eigenvalue weighted by molar-refractivity contribution is -0.114. The van der Waals surface area contributed by atoms with E-state index in [-0.39, 0.29) is 11.6 Å². The minimum atomic E-state index is -0.511. The first-order chi connectivity index (χ1) is 15.0. The van der Waals surface area contributed by atoms with Gasteiger partial charge in [-0.15, -0.1) is 0 Å². The van der Waals surface area contributed by atoms with Crippen molar-refractivity contribution in [3.8, 4) is 5.75 Å². The van der Waals surface area contributed by atoms with Gasteiger partial charge < -0.3 is 24.6 Å². The number of methoxy groups -OCH3 is 1. The summed E-state index contributed by atoms with van der Waals surface area (Å²) in [7, 11) is 5.96. The largest absolute Gasteiger partial charge is 0.497 e. The number of carbonyl (C=O) groups excluding carboxylic acids is 1. The number of likely N-dealkylation sites (N-methyl/N-ethyl adjacent to an activating group) is 1. The first kappa shape index (κ1) is 23.4. The van der Waals surface area contributed by atoms with Crippen molar-refractivity contribution in [3.63, 3.8) is 0 Å². The Labute approximate surface area is 181 Å². The molecule has 0 aliphatic carbocycles. The number of nitrogens with zero attached hydrogens (tertiary/aromatic N) is 3. The van der Waals surface area contributed by atoms with E-state index in [1.807, 2.05) is 30.3 Å². The van der Waals surface area contributed by atoms with E-state index in [0.29, 0.717) is 16.8 Å². The maximum Gasteiger partial charge on any atom is 0.273 e. The molecule has 0 saturated carbocycles. The van der Waals surface area contributed by atoms with Gasteiger partial charge in [-0.1, -0.05) is 39.7 Å². The van der Waals surface area contributed by atoms with Gasteiger partial charge in [0, 0.05) is 23.7 Å². The summed E-state index contributed by atoms with van der Waals surface area (Å²) in [5.74, 6) is 0.347. The molecule has 0 spiro atoms. The molecule has 0 aliphatic heterocycles. The molecule has 2 rings (SSSR count). The molecule has 0 radical (unpaired) electrons. The summed E-state index contributed by atoms with van der Waals surface area (Å²) >= 11 is 0. The zero-order chi connectivity index (χ0) is 22.6. The lowest BCUT2D eigenvalue weighted by atomic mass is 10.0. The topological polar surface area (TPSA) is 103 Å². The quantitative estimate of drug-likeness (QED) is 0.465. The normalized spacial score (nSPS) is 12.9. The zero-order valence-corrected chi connectivity index (χ0v) is 18.2. The van der Waals surface area contributed by atoms with E-state index in [4.69, 9.17) is 19.2 Å². The Balaban J connectivity index is 2.23. The molecule has 0 aromatic heterocycles. The number of nitrogens with one attached hydrogen (secondary N) is 1. The van der Waals surface area contributed by atoms with E-state index < -0.39 is 6.10 Å². The summed E-state index contributed by atoms with van der Waals surface area (Å²) in [6.07, 6.45) is 0.987. The molecule has 2 aromatic rings. The Morgan fingerprint density at radius 2 is 1.68 bits per heavy atom. The molecule has 0 heterocycles. The molecule has 1 amide bonds. The van der Waals surface area contributed by atoms with Crippen molar-refractivity contribution in [2.75, 3.05) is 28.4 Å². The van der Waals surface area contributed by atoms with Crippen LogP contribution in [0.1, 0.15) is 23.6 Å².